The first kappa shape index (κ1) is 13.1. The van der Waals surface area contributed by atoms with E-state index >= 15 is 0 Å². The molecule has 112 valence electrons. The van der Waals surface area contributed by atoms with Gasteiger partial charge in [-0.1, -0.05) is 11.2 Å². The fraction of sp³-hybridized carbons (Fsp3) is 0.267. The van der Waals surface area contributed by atoms with Gasteiger partial charge in [0.05, 0.1) is 6.20 Å². The van der Waals surface area contributed by atoms with E-state index in [1.54, 1.807) is 12.4 Å². The zero-order valence-corrected chi connectivity index (χ0v) is 11.5. The molecule has 0 bridgehead atoms. The van der Waals surface area contributed by atoms with Crippen molar-refractivity contribution >= 4 is 0 Å². The fourth-order valence-corrected chi connectivity index (χ4v) is 2.66. The van der Waals surface area contributed by atoms with E-state index in [-0.39, 0.29) is 11.8 Å². The van der Waals surface area contributed by atoms with Gasteiger partial charge in [0, 0.05) is 24.6 Å². The number of halogens is 2. The van der Waals surface area contributed by atoms with Crippen molar-refractivity contribution in [3.05, 3.63) is 65.1 Å². The Kier molecular flexibility index (Phi) is 2.99. The Morgan fingerprint density at radius 2 is 2.18 bits per heavy atom. The quantitative estimate of drug-likeness (QED) is 0.804. The molecular weight excluding hydrogens is 290 g/mol. The SMILES string of the molecule is Fc1ccc([C@@H]2C[C@H]2c2nc(Cc3cn[nH]c3)no2)c(F)c1. The fourth-order valence-electron chi connectivity index (χ4n) is 2.66. The normalized spacial score (nSPS) is 20.3. The topological polar surface area (TPSA) is 67.6 Å². The van der Waals surface area contributed by atoms with Gasteiger partial charge in [-0.05, 0) is 29.5 Å². The molecule has 1 fully saturated rings. The summed E-state index contributed by atoms with van der Waals surface area (Å²) in [6.07, 6.45) is 4.73. The second-order valence-electron chi connectivity index (χ2n) is 5.45. The van der Waals surface area contributed by atoms with Gasteiger partial charge in [0.1, 0.15) is 11.6 Å². The average Bonchev–Trinajstić information content (AvgIpc) is 2.90. The highest BCUT2D eigenvalue weighted by atomic mass is 19.1. The first-order valence-corrected chi connectivity index (χ1v) is 6.96. The highest BCUT2D eigenvalue weighted by molar-refractivity contribution is 5.32. The third-order valence-electron chi connectivity index (χ3n) is 3.87. The van der Waals surface area contributed by atoms with Crippen LogP contribution in [0.25, 0.3) is 0 Å². The summed E-state index contributed by atoms with van der Waals surface area (Å²) >= 11 is 0. The van der Waals surface area contributed by atoms with Gasteiger partial charge in [-0.2, -0.15) is 10.1 Å². The molecule has 0 spiro atoms. The van der Waals surface area contributed by atoms with Crippen molar-refractivity contribution in [2.75, 3.05) is 0 Å². The second kappa shape index (κ2) is 5.01. The molecule has 1 aliphatic carbocycles. The van der Waals surface area contributed by atoms with E-state index in [0.717, 1.165) is 18.1 Å². The Morgan fingerprint density at radius 1 is 1.27 bits per heavy atom. The van der Waals surface area contributed by atoms with Crippen LogP contribution in [0, 0.1) is 11.6 Å². The largest absolute Gasteiger partial charge is 0.339 e. The minimum Gasteiger partial charge on any atom is -0.339 e. The molecular formula is C15H12F2N4O. The van der Waals surface area contributed by atoms with E-state index in [1.807, 2.05) is 0 Å². The van der Waals surface area contributed by atoms with Crippen LogP contribution in [-0.4, -0.2) is 20.3 Å². The van der Waals surface area contributed by atoms with Crippen molar-refractivity contribution in [1.29, 1.82) is 0 Å². The Labute approximate surface area is 124 Å². The van der Waals surface area contributed by atoms with Gasteiger partial charge in [-0.3, -0.25) is 5.10 Å². The molecule has 0 radical (unpaired) electrons. The standard InChI is InChI=1S/C15H12F2N4O/c16-9-1-2-10(13(17)4-9)11-5-12(11)15-20-14(21-22-15)3-8-6-18-19-7-8/h1-2,4,6-7,11-12H,3,5H2,(H,18,19)/t11-,12+/m0/s1. The summed E-state index contributed by atoms with van der Waals surface area (Å²) in [6, 6.07) is 3.66. The van der Waals surface area contributed by atoms with E-state index in [9.17, 15) is 8.78 Å². The summed E-state index contributed by atoms with van der Waals surface area (Å²) in [5.41, 5.74) is 1.46. The van der Waals surface area contributed by atoms with Gasteiger partial charge in [0.2, 0.25) is 5.89 Å². The molecule has 4 rings (SSSR count). The number of aromatic nitrogens is 4. The maximum atomic E-state index is 13.8. The highest BCUT2D eigenvalue weighted by Crippen LogP contribution is 2.54. The van der Waals surface area contributed by atoms with E-state index < -0.39 is 11.6 Å². The van der Waals surface area contributed by atoms with Crippen LogP contribution in [0.5, 0.6) is 0 Å². The van der Waals surface area contributed by atoms with Crippen LogP contribution >= 0.6 is 0 Å². The Hall–Kier alpha value is -2.57. The van der Waals surface area contributed by atoms with Crippen LogP contribution in [0.1, 0.15) is 41.1 Å². The summed E-state index contributed by atoms with van der Waals surface area (Å²) < 4.78 is 32.0. The summed E-state index contributed by atoms with van der Waals surface area (Å²) in [5.74, 6) is -0.0356. The van der Waals surface area contributed by atoms with E-state index in [4.69, 9.17) is 4.52 Å². The zero-order valence-electron chi connectivity index (χ0n) is 11.5. The van der Waals surface area contributed by atoms with Crippen LogP contribution < -0.4 is 0 Å². The van der Waals surface area contributed by atoms with Crippen LogP contribution in [-0.2, 0) is 6.42 Å². The lowest BCUT2D eigenvalue weighted by Gasteiger charge is -2.00. The minimum absolute atomic E-state index is 0.00515. The smallest absolute Gasteiger partial charge is 0.230 e. The van der Waals surface area contributed by atoms with Gasteiger partial charge in [0.15, 0.2) is 5.82 Å². The molecule has 1 N–H and O–H groups in total. The molecule has 2 heterocycles. The predicted molar refractivity (Wildman–Crippen MR) is 72.1 cm³/mol. The van der Waals surface area contributed by atoms with Crippen LogP contribution in [0.4, 0.5) is 8.78 Å². The van der Waals surface area contributed by atoms with Crippen LogP contribution in [0.3, 0.4) is 0 Å². The van der Waals surface area contributed by atoms with E-state index in [2.05, 4.69) is 20.3 Å². The monoisotopic (exact) mass is 302 g/mol. The summed E-state index contributed by atoms with van der Waals surface area (Å²) in [5, 5.41) is 10.5. The Morgan fingerprint density at radius 3 is 2.95 bits per heavy atom. The van der Waals surface area contributed by atoms with Crippen molar-refractivity contribution in [1.82, 2.24) is 20.3 Å². The van der Waals surface area contributed by atoms with Crippen molar-refractivity contribution < 1.29 is 13.3 Å². The van der Waals surface area contributed by atoms with E-state index in [1.165, 1.54) is 12.1 Å². The number of hydrogen-bond donors (Lipinski definition) is 1. The lowest BCUT2D eigenvalue weighted by Crippen LogP contribution is -1.92. The second-order valence-corrected chi connectivity index (χ2v) is 5.45. The molecule has 7 heteroatoms. The molecule has 1 aliphatic rings. The number of nitrogens with one attached hydrogen (secondary N) is 1. The first-order chi connectivity index (χ1) is 10.7. The number of aromatic amines is 1. The van der Waals surface area contributed by atoms with E-state index in [0.29, 0.717) is 23.7 Å². The Bertz CT molecular complexity index is 800. The van der Waals surface area contributed by atoms with Crippen molar-refractivity contribution in [2.24, 2.45) is 0 Å². The molecule has 1 aromatic carbocycles. The molecule has 22 heavy (non-hydrogen) atoms. The van der Waals surface area contributed by atoms with Crippen LogP contribution in [0.2, 0.25) is 0 Å². The van der Waals surface area contributed by atoms with Crippen molar-refractivity contribution in [2.45, 2.75) is 24.7 Å². The maximum absolute atomic E-state index is 13.8. The molecule has 1 saturated carbocycles. The lowest BCUT2D eigenvalue weighted by atomic mass is 10.1. The third-order valence-corrected chi connectivity index (χ3v) is 3.87. The zero-order chi connectivity index (χ0) is 15.1. The predicted octanol–water partition coefficient (Wildman–Crippen LogP) is 2.93. The minimum atomic E-state index is -0.571. The van der Waals surface area contributed by atoms with Gasteiger partial charge in [0.25, 0.3) is 0 Å². The van der Waals surface area contributed by atoms with Gasteiger partial charge in [-0.25, -0.2) is 8.78 Å². The molecule has 5 nitrogen and oxygen atoms in total. The number of hydrogen-bond acceptors (Lipinski definition) is 4. The summed E-state index contributed by atoms with van der Waals surface area (Å²) in [4.78, 5) is 4.35. The molecule has 0 aliphatic heterocycles. The van der Waals surface area contributed by atoms with Crippen molar-refractivity contribution in [3.63, 3.8) is 0 Å². The Balaban J connectivity index is 1.49. The third kappa shape index (κ3) is 2.38. The average molecular weight is 302 g/mol. The summed E-state index contributed by atoms with van der Waals surface area (Å²) in [6.45, 7) is 0. The number of nitrogens with zero attached hydrogens (tertiary/aromatic N) is 3. The van der Waals surface area contributed by atoms with Gasteiger partial charge in [-0.15, -0.1) is 0 Å². The van der Waals surface area contributed by atoms with Gasteiger partial charge < -0.3 is 4.52 Å². The molecule has 2 atom stereocenters. The number of H-pyrrole nitrogens is 1. The molecule has 2 aromatic heterocycles. The first-order valence-electron chi connectivity index (χ1n) is 6.96. The maximum Gasteiger partial charge on any atom is 0.230 e. The molecule has 0 amide bonds. The summed E-state index contributed by atoms with van der Waals surface area (Å²) in [7, 11) is 0. The van der Waals surface area contributed by atoms with Crippen LogP contribution in [0.15, 0.2) is 35.1 Å². The van der Waals surface area contributed by atoms with Gasteiger partial charge >= 0.3 is 0 Å². The number of benzene rings is 1. The van der Waals surface area contributed by atoms with Crippen molar-refractivity contribution in [3.8, 4) is 0 Å². The number of rotatable bonds is 4. The lowest BCUT2D eigenvalue weighted by molar-refractivity contribution is 0.373. The molecule has 3 aromatic rings. The highest BCUT2D eigenvalue weighted by Gasteiger charge is 2.45. The molecule has 0 saturated heterocycles. The molecule has 0 unspecified atom stereocenters.